The molecule has 1 saturated carbocycles. The number of thiazole rings is 1. The quantitative estimate of drug-likeness (QED) is 0.819. The van der Waals surface area contributed by atoms with Crippen molar-refractivity contribution in [3.8, 4) is 0 Å². The first-order chi connectivity index (χ1) is 8.78. The van der Waals surface area contributed by atoms with Crippen molar-refractivity contribution in [2.45, 2.75) is 71.8 Å². The van der Waals surface area contributed by atoms with Crippen molar-refractivity contribution < 1.29 is 0 Å². The van der Waals surface area contributed by atoms with Crippen LogP contribution < -0.4 is 5.73 Å². The highest BCUT2D eigenvalue weighted by Crippen LogP contribution is 2.40. The van der Waals surface area contributed by atoms with E-state index in [9.17, 15) is 0 Å². The smallest absolute Gasteiger partial charge is 0.0946 e. The number of aryl methyl sites for hydroxylation is 1. The predicted molar refractivity (Wildman–Crippen MR) is 83.5 cm³/mol. The van der Waals surface area contributed by atoms with Crippen LogP contribution in [0.2, 0.25) is 0 Å². The second-order valence-corrected chi connectivity index (χ2v) is 8.36. The lowest BCUT2D eigenvalue weighted by Crippen LogP contribution is -2.41. The van der Waals surface area contributed by atoms with Crippen LogP contribution in [-0.2, 0) is 6.42 Å². The second-order valence-electron chi connectivity index (χ2n) is 7.42. The average molecular weight is 280 g/mol. The van der Waals surface area contributed by atoms with E-state index in [1.165, 1.54) is 24.3 Å². The van der Waals surface area contributed by atoms with Crippen molar-refractivity contribution in [2.75, 3.05) is 0 Å². The lowest BCUT2D eigenvalue weighted by molar-refractivity contribution is 0.210. The van der Waals surface area contributed by atoms with Crippen LogP contribution in [0.5, 0.6) is 0 Å². The molecular formula is C16H28N2S. The van der Waals surface area contributed by atoms with E-state index in [2.05, 4.69) is 38.1 Å². The minimum atomic E-state index is -0.0235. The maximum Gasteiger partial charge on any atom is 0.0946 e. The summed E-state index contributed by atoms with van der Waals surface area (Å²) in [6, 6.07) is 0. The third-order valence-electron chi connectivity index (χ3n) is 4.61. The Labute approximate surface area is 121 Å². The van der Waals surface area contributed by atoms with E-state index >= 15 is 0 Å². The molecule has 1 aromatic rings. The van der Waals surface area contributed by atoms with Gasteiger partial charge in [0.05, 0.1) is 5.01 Å². The van der Waals surface area contributed by atoms with Crippen molar-refractivity contribution in [1.29, 1.82) is 0 Å². The monoisotopic (exact) mass is 280 g/mol. The molecule has 0 aliphatic heterocycles. The third kappa shape index (κ3) is 4.03. The van der Waals surface area contributed by atoms with Gasteiger partial charge in [-0.05, 0) is 43.9 Å². The van der Waals surface area contributed by atoms with Crippen molar-refractivity contribution >= 4 is 11.3 Å². The minimum absolute atomic E-state index is 0.0235. The van der Waals surface area contributed by atoms with E-state index in [0.717, 1.165) is 30.9 Å². The van der Waals surface area contributed by atoms with E-state index in [-0.39, 0.29) is 5.54 Å². The number of nitrogens with zero attached hydrogens (tertiary/aromatic N) is 1. The van der Waals surface area contributed by atoms with Gasteiger partial charge in [0.15, 0.2) is 0 Å². The van der Waals surface area contributed by atoms with Crippen molar-refractivity contribution in [2.24, 2.45) is 17.1 Å². The zero-order valence-corrected chi connectivity index (χ0v) is 13.6. The molecule has 1 aliphatic carbocycles. The molecule has 1 aromatic heterocycles. The van der Waals surface area contributed by atoms with Crippen molar-refractivity contribution in [3.05, 3.63) is 16.1 Å². The topological polar surface area (TPSA) is 38.9 Å². The molecule has 0 saturated heterocycles. The summed E-state index contributed by atoms with van der Waals surface area (Å²) < 4.78 is 0. The largest absolute Gasteiger partial charge is 0.325 e. The Morgan fingerprint density at radius 1 is 1.37 bits per heavy atom. The standard InChI is InChI=1S/C16H28N2S/c1-12-11-19-14(18-12)10-16(17)8-5-6-13(7-9-16)15(2,3)4/h11,13H,5-10,17H2,1-4H3. The van der Waals surface area contributed by atoms with E-state index < -0.39 is 0 Å². The van der Waals surface area contributed by atoms with Crippen LogP contribution in [0, 0.1) is 18.3 Å². The Bertz CT molecular complexity index is 419. The molecule has 2 rings (SSSR count). The highest BCUT2D eigenvalue weighted by molar-refractivity contribution is 7.09. The fourth-order valence-corrected chi connectivity index (χ4v) is 4.19. The van der Waals surface area contributed by atoms with Gasteiger partial charge in [-0.1, -0.05) is 27.2 Å². The molecule has 0 bridgehead atoms. The molecule has 2 unspecified atom stereocenters. The number of aromatic nitrogens is 1. The Hall–Kier alpha value is -0.410. The summed E-state index contributed by atoms with van der Waals surface area (Å²) in [6.07, 6.45) is 7.13. The molecular weight excluding hydrogens is 252 g/mol. The first-order valence-corrected chi connectivity index (χ1v) is 8.36. The summed E-state index contributed by atoms with van der Waals surface area (Å²) in [5, 5.41) is 3.35. The van der Waals surface area contributed by atoms with Crippen LogP contribution in [0.4, 0.5) is 0 Å². The molecule has 2 nitrogen and oxygen atoms in total. The van der Waals surface area contributed by atoms with Crippen molar-refractivity contribution in [1.82, 2.24) is 4.98 Å². The zero-order valence-electron chi connectivity index (χ0n) is 12.8. The van der Waals surface area contributed by atoms with E-state index in [4.69, 9.17) is 5.73 Å². The van der Waals surface area contributed by atoms with Gasteiger partial charge in [0, 0.05) is 23.0 Å². The molecule has 1 heterocycles. The van der Waals surface area contributed by atoms with Gasteiger partial charge in [-0.2, -0.15) is 0 Å². The molecule has 108 valence electrons. The Kier molecular flexibility index (Phi) is 4.36. The highest BCUT2D eigenvalue weighted by Gasteiger charge is 2.34. The molecule has 1 fully saturated rings. The summed E-state index contributed by atoms with van der Waals surface area (Å²) in [6.45, 7) is 9.16. The van der Waals surface area contributed by atoms with Gasteiger partial charge in [-0.3, -0.25) is 0 Å². The highest BCUT2D eigenvalue weighted by atomic mass is 32.1. The Morgan fingerprint density at radius 3 is 2.68 bits per heavy atom. The van der Waals surface area contributed by atoms with Gasteiger partial charge in [-0.25, -0.2) is 4.98 Å². The summed E-state index contributed by atoms with van der Waals surface area (Å²) >= 11 is 1.76. The summed E-state index contributed by atoms with van der Waals surface area (Å²) in [5.74, 6) is 0.816. The van der Waals surface area contributed by atoms with E-state index in [1.807, 2.05) is 0 Å². The fraction of sp³-hybridized carbons (Fsp3) is 0.812. The number of rotatable bonds is 2. The molecule has 1 aliphatic rings. The first kappa shape index (κ1) is 15.0. The van der Waals surface area contributed by atoms with Crippen LogP contribution in [0.15, 0.2) is 5.38 Å². The summed E-state index contributed by atoms with van der Waals surface area (Å²) in [4.78, 5) is 4.59. The normalized spacial score (nSPS) is 29.2. The van der Waals surface area contributed by atoms with Crippen LogP contribution in [0.25, 0.3) is 0 Å². The first-order valence-electron chi connectivity index (χ1n) is 7.48. The maximum absolute atomic E-state index is 6.67. The van der Waals surface area contributed by atoms with Gasteiger partial charge >= 0.3 is 0 Å². The van der Waals surface area contributed by atoms with Crippen LogP contribution >= 0.6 is 11.3 Å². The lowest BCUT2D eigenvalue weighted by Gasteiger charge is -2.31. The molecule has 2 N–H and O–H groups in total. The molecule has 0 radical (unpaired) electrons. The van der Waals surface area contributed by atoms with Gasteiger partial charge in [0.25, 0.3) is 0 Å². The van der Waals surface area contributed by atoms with Gasteiger partial charge < -0.3 is 5.73 Å². The number of nitrogens with two attached hydrogens (primary N) is 1. The zero-order chi connectivity index (χ0) is 14.1. The Morgan fingerprint density at radius 2 is 2.11 bits per heavy atom. The van der Waals surface area contributed by atoms with Crippen LogP contribution in [0.3, 0.4) is 0 Å². The molecule has 0 spiro atoms. The minimum Gasteiger partial charge on any atom is -0.325 e. The second kappa shape index (κ2) is 5.53. The molecule has 19 heavy (non-hydrogen) atoms. The van der Waals surface area contributed by atoms with Gasteiger partial charge in [-0.15, -0.1) is 11.3 Å². The average Bonchev–Trinajstić information content (AvgIpc) is 2.56. The molecule has 0 aromatic carbocycles. The maximum atomic E-state index is 6.67. The fourth-order valence-electron chi connectivity index (χ4n) is 3.26. The van der Waals surface area contributed by atoms with E-state index in [0.29, 0.717) is 5.41 Å². The SMILES string of the molecule is Cc1csc(CC2(N)CCCC(C(C)(C)C)CC2)n1. The Balaban J connectivity index is 2.01. The van der Waals surface area contributed by atoms with Crippen molar-refractivity contribution in [3.63, 3.8) is 0 Å². The summed E-state index contributed by atoms with van der Waals surface area (Å²) in [7, 11) is 0. The number of hydrogen-bond donors (Lipinski definition) is 1. The van der Waals surface area contributed by atoms with Crippen LogP contribution in [-0.4, -0.2) is 10.5 Å². The van der Waals surface area contributed by atoms with Gasteiger partial charge in [0.1, 0.15) is 0 Å². The van der Waals surface area contributed by atoms with Crippen LogP contribution in [0.1, 0.15) is 63.6 Å². The third-order valence-corrected chi connectivity index (χ3v) is 5.58. The lowest BCUT2D eigenvalue weighted by atomic mass is 9.76. The van der Waals surface area contributed by atoms with Gasteiger partial charge in [0.2, 0.25) is 0 Å². The molecule has 0 amide bonds. The molecule has 2 atom stereocenters. The summed E-state index contributed by atoms with van der Waals surface area (Å²) in [5.41, 5.74) is 8.20. The number of hydrogen-bond acceptors (Lipinski definition) is 3. The van der Waals surface area contributed by atoms with E-state index in [1.54, 1.807) is 11.3 Å². The predicted octanol–water partition coefficient (Wildman–Crippen LogP) is 4.32. The molecule has 3 heteroatoms.